The van der Waals surface area contributed by atoms with Crippen molar-refractivity contribution in [3.63, 3.8) is 0 Å². The predicted molar refractivity (Wildman–Crippen MR) is 111 cm³/mol. The Bertz CT molecular complexity index is 872. The van der Waals surface area contributed by atoms with E-state index in [2.05, 4.69) is 11.7 Å². The number of aromatic nitrogens is 1. The van der Waals surface area contributed by atoms with E-state index in [4.69, 9.17) is 9.47 Å². The Balaban J connectivity index is 0.000000846. The van der Waals surface area contributed by atoms with Crippen molar-refractivity contribution in [2.45, 2.75) is 40.2 Å². The minimum absolute atomic E-state index is 0. The first-order valence-corrected chi connectivity index (χ1v) is 8.77. The summed E-state index contributed by atoms with van der Waals surface area (Å²) in [5.74, 6) is 1.32. The molecule has 0 aliphatic heterocycles. The second-order valence-electron chi connectivity index (χ2n) is 7.37. The summed E-state index contributed by atoms with van der Waals surface area (Å²) in [6, 6.07) is 3.83. The Morgan fingerprint density at radius 2 is 1.52 bits per heavy atom. The zero-order valence-corrected chi connectivity index (χ0v) is 21.3. The second kappa shape index (κ2) is 11.4. The molecule has 6 nitrogen and oxygen atoms in total. The molecule has 0 saturated carbocycles. The van der Waals surface area contributed by atoms with Crippen LogP contribution in [0.3, 0.4) is 0 Å². The fourth-order valence-corrected chi connectivity index (χ4v) is 2.53. The summed E-state index contributed by atoms with van der Waals surface area (Å²) in [5, 5.41) is 0. The van der Waals surface area contributed by atoms with Crippen LogP contribution >= 0.6 is 0 Å². The summed E-state index contributed by atoms with van der Waals surface area (Å²) in [6.07, 6.45) is 1.83. The van der Waals surface area contributed by atoms with Crippen LogP contribution in [0, 0.1) is 20.8 Å². The maximum atomic E-state index is 12.0. The van der Waals surface area contributed by atoms with Crippen molar-refractivity contribution >= 4 is 6.47 Å². The van der Waals surface area contributed by atoms with Gasteiger partial charge < -0.3 is 23.6 Å². The summed E-state index contributed by atoms with van der Waals surface area (Å²) in [5.41, 5.74) is 3.97. The zero-order valence-electron chi connectivity index (χ0n) is 18.5. The molecule has 0 N–H and O–H groups in total. The van der Waals surface area contributed by atoms with Crippen LogP contribution in [-0.2, 0) is 49.3 Å². The molecule has 0 amide bonds. The van der Waals surface area contributed by atoms with E-state index in [0.29, 0.717) is 17.1 Å². The topological polar surface area (TPSA) is 66.8 Å². The molecule has 0 fully saturated rings. The largest absolute Gasteiger partial charge is 0.649 e. The van der Waals surface area contributed by atoms with E-state index in [1.807, 2.05) is 32.2 Å². The molecule has 7 heteroatoms. The first-order valence-electron chi connectivity index (χ1n) is 8.77. The molecule has 0 aliphatic carbocycles. The number of rotatable bonds is 4. The first-order chi connectivity index (χ1) is 13.0. The summed E-state index contributed by atoms with van der Waals surface area (Å²) in [6.45, 7) is 14.5. The molecular formula is C22H29NO5Y-2. The third-order valence-corrected chi connectivity index (χ3v) is 4.20. The number of carbonyl (C=O) groups excluding carboxylic acids is 1. The molecule has 1 aromatic heterocycles. The van der Waals surface area contributed by atoms with Crippen LogP contribution in [0.25, 0.3) is 11.1 Å². The van der Waals surface area contributed by atoms with Gasteiger partial charge in [-0.15, -0.1) is 5.56 Å². The van der Waals surface area contributed by atoms with E-state index in [1.165, 1.54) is 6.47 Å². The summed E-state index contributed by atoms with van der Waals surface area (Å²) >= 11 is 0. The quantitative estimate of drug-likeness (QED) is 0.630. The number of hydrogen-bond acceptors (Lipinski definition) is 5. The monoisotopic (exact) mass is 476 g/mol. The van der Waals surface area contributed by atoms with Crippen molar-refractivity contribution in [2.75, 3.05) is 14.2 Å². The van der Waals surface area contributed by atoms with Crippen molar-refractivity contribution in [3.05, 3.63) is 52.3 Å². The zero-order chi connectivity index (χ0) is 21.6. The van der Waals surface area contributed by atoms with Gasteiger partial charge in [0.2, 0.25) is 0 Å². The van der Waals surface area contributed by atoms with Crippen LogP contribution in [0.5, 0.6) is 11.5 Å². The van der Waals surface area contributed by atoms with Crippen LogP contribution in [0.15, 0.2) is 23.1 Å². The van der Waals surface area contributed by atoms with E-state index in [-0.39, 0.29) is 43.9 Å². The van der Waals surface area contributed by atoms with E-state index in [9.17, 15) is 9.59 Å². The van der Waals surface area contributed by atoms with E-state index >= 15 is 0 Å². The summed E-state index contributed by atoms with van der Waals surface area (Å²) in [4.78, 5) is 21.5. The minimum atomic E-state index is -0.373. The first kappa shape index (κ1) is 27.2. The van der Waals surface area contributed by atoms with Gasteiger partial charge in [0.25, 0.3) is 5.56 Å². The van der Waals surface area contributed by atoms with Gasteiger partial charge >= 0.3 is 0 Å². The molecule has 1 heterocycles. The molecule has 0 saturated heterocycles. The molecule has 2 aromatic rings. The Labute approximate surface area is 198 Å². The smallest absolute Gasteiger partial charge is 0.253 e. The van der Waals surface area contributed by atoms with Gasteiger partial charge in [0, 0.05) is 63.0 Å². The van der Waals surface area contributed by atoms with E-state index in [1.54, 1.807) is 46.6 Å². The third kappa shape index (κ3) is 7.20. The minimum Gasteiger partial charge on any atom is -0.649 e. The number of hydrogen-bond donors (Lipinski definition) is 0. The summed E-state index contributed by atoms with van der Waals surface area (Å²) < 4.78 is 16.7. The van der Waals surface area contributed by atoms with E-state index < -0.39 is 0 Å². The third-order valence-electron chi connectivity index (χ3n) is 4.20. The molecule has 2 rings (SSSR count). The standard InChI is InChI=1S/C17H20NO3.C5H9O2.Y/c1-10-11(2)17(19)18(4)9-14(10)13-7-15(20-5)12(3)16(8-13)21-6;1-5(2,3)7-4-6;/h7-9H,3H2,1-2,4-6H3;1-3H3;/q2*-1;. The maximum absolute atomic E-state index is 12.0. The Hall–Kier alpha value is -1.79. The van der Waals surface area contributed by atoms with Crippen LogP contribution < -0.4 is 15.0 Å². The molecule has 0 atom stereocenters. The Morgan fingerprint density at radius 3 is 1.86 bits per heavy atom. The average molecular weight is 476 g/mol. The fourth-order valence-electron chi connectivity index (χ4n) is 2.53. The molecule has 0 bridgehead atoms. The van der Waals surface area contributed by atoms with Gasteiger partial charge in [-0.3, -0.25) is 4.79 Å². The van der Waals surface area contributed by atoms with Gasteiger partial charge in [0.05, 0.1) is 19.8 Å². The van der Waals surface area contributed by atoms with Crippen molar-refractivity contribution in [2.24, 2.45) is 7.05 Å². The van der Waals surface area contributed by atoms with Gasteiger partial charge in [0.15, 0.2) is 0 Å². The SMILES string of the molecule is CC(C)(C)O[C-]=O.[CH2-]c1c(OC)cc(-c2cn(C)c(=O)c(C)c2C)cc1OC.[Y]. The Morgan fingerprint density at radius 1 is 1.03 bits per heavy atom. The van der Waals surface area contributed by atoms with Crippen LogP contribution in [-0.4, -0.2) is 30.9 Å². The molecule has 0 unspecified atom stereocenters. The van der Waals surface area contributed by atoms with Crippen LogP contribution in [0.2, 0.25) is 0 Å². The average Bonchev–Trinajstić information content (AvgIpc) is 2.63. The fraction of sp³-hybridized carbons (Fsp3) is 0.409. The van der Waals surface area contributed by atoms with Crippen molar-refractivity contribution in [1.82, 2.24) is 4.57 Å². The van der Waals surface area contributed by atoms with Gasteiger partial charge in [-0.1, -0.05) is 18.6 Å². The van der Waals surface area contributed by atoms with Crippen LogP contribution in [0.4, 0.5) is 0 Å². The predicted octanol–water partition coefficient (Wildman–Crippen LogP) is 3.73. The molecule has 0 aliphatic rings. The van der Waals surface area contributed by atoms with Crippen molar-refractivity contribution in [3.8, 4) is 22.6 Å². The number of methoxy groups -OCH3 is 2. The number of nitrogens with zero attached hydrogens (tertiary/aromatic N) is 1. The van der Waals surface area contributed by atoms with Gasteiger partial charge in [-0.25, -0.2) is 0 Å². The van der Waals surface area contributed by atoms with Crippen molar-refractivity contribution < 1.29 is 51.7 Å². The molecular weight excluding hydrogens is 447 g/mol. The molecule has 0 spiro atoms. The van der Waals surface area contributed by atoms with Gasteiger partial charge in [-0.2, -0.15) is 6.92 Å². The summed E-state index contributed by atoms with van der Waals surface area (Å²) in [7, 11) is 4.96. The molecule has 1 radical (unpaired) electrons. The second-order valence-corrected chi connectivity index (χ2v) is 7.37. The molecule has 29 heavy (non-hydrogen) atoms. The maximum Gasteiger partial charge on any atom is 0.253 e. The van der Waals surface area contributed by atoms with Crippen LogP contribution in [0.1, 0.15) is 37.5 Å². The number of benzene rings is 1. The molecule has 157 valence electrons. The number of aryl methyl sites for hydroxylation is 1. The van der Waals surface area contributed by atoms with Crippen molar-refractivity contribution in [1.29, 1.82) is 0 Å². The molecule has 1 aromatic carbocycles. The normalized spacial score (nSPS) is 10.2. The van der Waals surface area contributed by atoms with E-state index in [0.717, 1.165) is 22.3 Å². The van der Waals surface area contributed by atoms with Gasteiger partial charge in [-0.05, 0) is 51.3 Å². The number of pyridine rings is 1. The van der Waals surface area contributed by atoms with Gasteiger partial charge in [0.1, 0.15) is 0 Å². The number of ether oxygens (including phenoxy) is 3. The Kier molecular flexibility index (Phi) is 10.7.